The van der Waals surface area contributed by atoms with E-state index in [0.717, 1.165) is 0 Å². The Kier molecular flexibility index (Phi) is 2.21. The normalized spacial score (nSPS) is 8.73. The fourth-order valence-electron chi connectivity index (χ4n) is 0.578. The van der Waals surface area contributed by atoms with Crippen molar-refractivity contribution in [2.24, 2.45) is 0 Å². The quantitative estimate of drug-likeness (QED) is 0.502. The van der Waals surface area contributed by atoms with Crippen molar-refractivity contribution in [3.8, 4) is 0 Å². The summed E-state index contributed by atoms with van der Waals surface area (Å²) < 4.78 is 0. The van der Waals surface area contributed by atoms with Crippen LogP contribution in [0.2, 0.25) is 0 Å². The van der Waals surface area contributed by atoms with Crippen molar-refractivity contribution in [3.05, 3.63) is 6.33 Å². The van der Waals surface area contributed by atoms with E-state index in [1.54, 1.807) is 0 Å². The van der Waals surface area contributed by atoms with Crippen LogP contribution in [0, 0.1) is 6.33 Å². The van der Waals surface area contributed by atoms with Gasteiger partial charge in [0.15, 0.2) is 18.0 Å². The number of carbonyl (C=O) groups excluding carboxylic acids is 2. The molecule has 0 bridgehead atoms. The lowest BCUT2D eigenvalue weighted by atomic mass is 10.6. The summed E-state index contributed by atoms with van der Waals surface area (Å²) in [6.45, 7) is 0. The van der Waals surface area contributed by atoms with Gasteiger partial charge in [0.25, 0.3) is 0 Å². The molecule has 0 saturated carbocycles. The molecule has 0 atom stereocenters. The molecule has 11 heavy (non-hydrogen) atoms. The number of nitrogens with one attached hydrogen (secondary N) is 3. The zero-order chi connectivity index (χ0) is 8.10. The second kappa shape index (κ2) is 3.35. The third-order valence-corrected chi connectivity index (χ3v) is 0.984. The zero-order valence-corrected chi connectivity index (χ0v) is 5.42. The van der Waals surface area contributed by atoms with E-state index in [2.05, 4.69) is 26.9 Å². The number of nitrogens with zero attached hydrogens (tertiary/aromatic N) is 1. The Bertz CT molecular complexity index is 232. The largest absolute Gasteiger partial charge is 0.320 e. The van der Waals surface area contributed by atoms with Crippen LogP contribution in [0.3, 0.4) is 0 Å². The maximum absolute atomic E-state index is 9.94. The van der Waals surface area contributed by atoms with Gasteiger partial charge in [-0.15, -0.1) is 0 Å². The van der Waals surface area contributed by atoms with E-state index in [4.69, 9.17) is 0 Å². The SMILES string of the molecule is O=CNc1n[c][nH]c1NC=O. The van der Waals surface area contributed by atoms with Gasteiger partial charge in [-0.1, -0.05) is 0 Å². The minimum absolute atomic E-state index is 0.243. The van der Waals surface area contributed by atoms with Crippen LogP contribution in [0.25, 0.3) is 0 Å². The van der Waals surface area contributed by atoms with Gasteiger partial charge in [-0.2, -0.15) is 0 Å². The number of rotatable bonds is 4. The van der Waals surface area contributed by atoms with E-state index < -0.39 is 0 Å². The number of carbonyl (C=O) groups is 2. The van der Waals surface area contributed by atoms with Crippen LogP contribution >= 0.6 is 0 Å². The Morgan fingerprint density at radius 2 is 2.09 bits per heavy atom. The van der Waals surface area contributed by atoms with Gasteiger partial charge in [-0.3, -0.25) is 9.59 Å². The average Bonchev–Trinajstić information content (AvgIpc) is 2.39. The lowest BCUT2D eigenvalue weighted by molar-refractivity contribution is -0.106. The number of amides is 2. The molecule has 0 saturated heterocycles. The Balaban J connectivity index is 2.76. The van der Waals surface area contributed by atoms with Crippen LogP contribution in [0.4, 0.5) is 11.6 Å². The molecule has 6 nitrogen and oxygen atoms in total. The minimum Gasteiger partial charge on any atom is -0.320 e. The van der Waals surface area contributed by atoms with E-state index in [9.17, 15) is 9.59 Å². The van der Waals surface area contributed by atoms with Crippen molar-refractivity contribution >= 4 is 24.5 Å². The maximum atomic E-state index is 9.94. The highest BCUT2D eigenvalue weighted by atomic mass is 16.1. The summed E-state index contributed by atoms with van der Waals surface area (Å²) in [5.74, 6) is 0.555. The van der Waals surface area contributed by atoms with Gasteiger partial charge in [0.1, 0.15) is 0 Å². The van der Waals surface area contributed by atoms with E-state index >= 15 is 0 Å². The molecule has 1 heterocycles. The zero-order valence-electron chi connectivity index (χ0n) is 5.42. The van der Waals surface area contributed by atoms with Crippen molar-refractivity contribution in [2.45, 2.75) is 0 Å². The van der Waals surface area contributed by atoms with Crippen molar-refractivity contribution in [1.82, 2.24) is 9.97 Å². The van der Waals surface area contributed by atoms with Crippen molar-refractivity contribution in [3.63, 3.8) is 0 Å². The molecule has 2 amide bonds. The number of aromatic amines is 1. The van der Waals surface area contributed by atoms with E-state index in [1.165, 1.54) is 0 Å². The van der Waals surface area contributed by atoms with Crippen LogP contribution in [0.5, 0.6) is 0 Å². The highest BCUT2D eigenvalue weighted by Crippen LogP contribution is 2.12. The molecular weight excluding hydrogens is 148 g/mol. The van der Waals surface area contributed by atoms with Gasteiger partial charge in [0.2, 0.25) is 12.8 Å². The number of aromatic nitrogens is 2. The van der Waals surface area contributed by atoms with Gasteiger partial charge in [0.05, 0.1) is 0 Å². The first-order valence-electron chi connectivity index (χ1n) is 2.75. The third kappa shape index (κ3) is 1.54. The number of hydrogen-bond donors (Lipinski definition) is 3. The molecule has 0 aliphatic carbocycles. The number of anilines is 2. The van der Waals surface area contributed by atoms with E-state index in [-0.39, 0.29) is 5.82 Å². The van der Waals surface area contributed by atoms with Gasteiger partial charge in [-0.05, 0) is 0 Å². The molecule has 6 heteroatoms. The summed E-state index contributed by atoms with van der Waals surface area (Å²) in [6, 6.07) is 0. The lowest BCUT2D eigenvalue weighted by Gasteiger charge is -1.95. The summed E-state index contributed by atoms with van der Waals surface area (Å²) in [5.41, 5.74) is 0. The Morgan fingerprint density at radius 1 is 1.36 bits per heavy atom. The molecule has 1 radical (unpaired) electrons. The van der Waals surface area contributed by atoms with Crippen LogP contribution in [0.15, 0.2) is 0 Å². The standard InChI is InChI=1S/C5H5N4O2/c10-2-8-4-5(9-3-11)7-1-6-4/h2-3H,(H,6,7)(H,8,10)(H,9,11). The van der Waals surface area contributed by atoms with E-state index in [1.807, 2.05) is 0 Å². The predicted molar refractivity (Wildman–Crippen MR) is 36.8 cm³/mol. The lowest BCUT2D eigenvalue weighted by Crippen LogP contribution is -2.00. The molecule has 1 aromatic heterocycles. The first kappa shape index (κ1) is 7.26. The summed E-state index contributed by atoms with van der Waals surface area (Å²) in [6.07, 6.45) is 3.28. The molecule has 0 aromatic carbocycles. The highest BCUT2D eigenvalue weighted by molar-refractivity contribution is 5.81. The molecule has 57 valence electrons. The fourth-order valence-corrected chi connectivity index (χ4v) is 0.578. The second-order valence-corrected chi connectivity index (χ2v) is 1.60. The Morgan fingerprint density at radius 3 is 2.73 bits per heavy atom. The minimum atomic E-state index is 0.243. The molecule has 0 aliphatic heterocycles. The molecule has 1 rings (SSSR count). The van der Waals surface area contributed by atoms with Crippen LogP contribution < -0.4 is 10.6 Å². The van der Waals surface area contributed by atoms with Gasteiger partial charge in [0, 0.05) is 0 Å². The predicted octanol–water partition coefficient (Wildman–Crippen LogP) is -0.654. The number of imidazole rings is 1. The van der Waals surface area contributed by atoms with E-state index in [0.29, 0.717) is 18.6 Å². The summed E-state index contributed by atoms with van der Waals surface area (Å²) in [4.78, 5) is 25.9. The summed E-state index contributed by atoms with van der Waals surface area (Å²) >= 11 is 0. The highest BCUT2D eigenvalue weighted by Gasteiger charge is 2.01. The Labute approximate surface area is 62.0 Å². The van der Waals surface area contributed by atoms with Gasteiger partial charge < -0.3 is 15.6 Å². The first-order chi connectivity index (χ1) is 5.38. The van der Waals surface area contributed by atoms with Crippen molar-refractivity contribution < 1.29 is 9.59 Å². The molecular formula is C5H5N4O2. The molecule has 1 aromatic rings. The molecule has 0 spiro atoms. The molecule has 0 aliphatic rings. The van der Waals surface area contributed by atoms with Crippen LogP contribution in [-0.2, 0) is 9.59 Å². The maximum Gasteiger partial charge on any atom is 0.212 e. The summed E-state index contributed by atoms with van der Waals surface area (Å²) in [5, 5.41) is 4.56. The smallest absolute Gasteiger partial charge is 0.212 e. The van der Waals surface area contributed by atoms with Gasteiger partial charge in [-0.25, -0.2) is 4.98 Å². The topological polar surface area (TPSA) is 86.9 Å². The molecule has 3 N–H and O–H groups in total. The fraction of sp³-hybridized carbons (Fsp3) is 0. The van der Waals surface area contributed by atoms with Crippen molar-refractivity contribution in [2.75, 3.05) is 10.6 Å². The van der Waals surface area contributed by atoms with Crippen LogP contribution in [-0.4, -0.2) is 22.8 Å². The van der Waals surface area contributed by atoms with Gasteiger partial charge >= 0.3 is 0 Å². The molecule has 0 fully saturated rings. The average molecular weight is 153 g/mol. The monoisotopic (exact) mass is 153 g/mol. The number of H-pyrrole nitrogens is 1. The van der Waals surface area contributed by atoms with Crippen molar-refractivity contribution in [1.29, 1.82) is 0 Å². The second-order valence-electron chi connectivity index (χ2n) is 1.60. The summed E-state index contributed by atoms with van der Waals surface area (Å²) in [7, 11) is 0. The van der Waals surface area contributed by atoms with Crippen LogP contribution in [0.1, 0.15) is 0 Å². The number of hydrogen-bond acceptors (Lipinski definition) is 3. The Hall–Kier alpha value is -1.85. The first-order valence-corrected chi connectivity index (χ1v) is 2.75. The third-order valence-electron chi connectivity index (χ3n) is 0.984. The molecule has 0 unspecified atom stereocenters.